The first kappa shape index (κ1) is 17.5. The van der Waals surface area contributed by atoms with Gasteiger partial charge in [0.1, 0.15) is 0 Å². The molecule has 0 aliphatic rings. The Bertz CT molecular complexity index is 882. The van der Waals surface area contributed by atoms with Crippen molar-refractivity contribution in [2.24, 2.45) is 0 Å². The Morgan fingerprint density at radius 1 is 1.08 bits per heavy atom. The van der Waals surface area contributed by atoms with Crippen LogP contribution in [-0.2, 0) is 9.84 Å². The van der Waals surface area contributed by atoms with Crippen LogP contribution < -0.4 is 5.32 Å². The van der Waals surface area contributed by atoms with Crippen LogP contribution in [0, 0.1) is 10.1 Å². The third kappa shape index (κ3) is 3.54. The van der Waals surface area contributed by atoms with Crippen molar-refractivity contribution in [1.82, 2.24) is 0 Å². The van der Waals surface area contributed by atoms with E-state index in [9.17, 15) is 32.1 Å². The molecule has 2 rings (SSSR count). The average molecular weight is 356 g/mol. The summed E-state index contributed by atoms with van der Waals surface area (Å²) in [5.74, 6) is -4.42. The number of anilines is 1. The van der Waals surface area contributed by atoms with Gasteiger partial charge in [0.05, 0.1) is 15.5 Å². The molecule has 0 aromatic heterocycles. The molecule has 0 spiro atoms. The molecule has 2 aromatic rings. The second-order valence-corrected chi connectivity index (χ2v) is 6.45. The number of benzene rings is 2. The van der Waals surface area contributed by atoms with Gasteiger partial charge in [0, 0.05) is 17.7 Å². The lowest BCUT2D eigenvalue weighted by Gasteiger charge is -2.11. The van der Waals surface area contributed by atoms with Crippen LogP contribution in [0.4, 0.5) is 20.2 Å². The Hall–Kier alpha value is -2.88. The van der Waals surface area contributed by atoms with Gasteiger partial charge in [-0.25, -0.2) is 8.42 Å². The first-order chi connectivity index (χ1) is 11.2. The van der Waals surface area contributed by atoms with E-state index in [1.165, 1.54) is 18.2 Å². The summed E-state index contributed by atoms with van der Waals surface area (Å²) in [6.07, 6.45) is 0. The van der Waals surface area contributed by atoms with Crippen molar-refractivity contribution in [3.05, 3.63) is 64.2 Å². The third-order valence-corrected chi connectivity index (χ3v) is 4.45. The van der Waals surface area contributed by atoms with Crippen molar-refractivity contribution >= 4 is 27.1 Å². The average Bonchev–Trinajstić information content (AvgIpc) is 2.55. The van der Waals surface area contributed by atoms with Gasteiger partial charge in [-0.05, 0) is 24.3 Å². The number of amides is 1. The maximum Gasteiger partial charge on any atom is 0.341 e. The highest BCUT2D eigenvalue weighted by Crippen LogP contribution is 2.26. The summed E-state index contributed by atoms with van der Waals surface area (Å²) in [6, 6.07) is 9.25. The number of non-ortho nitro benzene ring substituents is 1. The van der Waals surface area contributed by atoms with Crippen molar-refractivity contribution in [1.29, 1.82) is 0 Å². The Balaban J connectivity index is 2.32. The number of halogens is 2. The van der Waals surface area contributed by atoms with Gasteiger partial charge in [0.2, 0.25) is 9.84 Å². The summed E-state index contributed by atoms with van der Waals surface area (Å²) >= 11 is 0. The standard InChI is InChI=1S/C14H10F2N2O5S/c15-14(16)24(22,23)12-4-2-1-3-11(12)17-13(19)9-5-7-10(8-6-9)18(20)21/h1-8,14H,(H,17,19). The van der Waals surface area contributed by atoms with Gasteiger partial charge in [-0.2, -0.15) is 8.78 Å². The molecule has 126 valence electrons. The monoisotopic (exact) mass is 356 g/mol. The molecule has 1 N–H and O–H groups in total. The third-order valence-electron chi connectivity index (χ3n) is 3.02. The molecule has 2 aromatic carbocycles. The first-order valence-corrected chi connectivity index (χ1v) is 7.95. The molecule has 0 unspecified atom stereocenters. The molecule has 0 aliphatic carbocycles. The van der Waals surface area contributed by atoms with E-state index in [4.69, 9.17) is 0 Å². The zero-order valence-corrected chi connectivity index (χ0v) is 12.7. The number of carbonyl (C=O) groups is 1. The molecular formula is C14H10F2N2O5S. The lowest BCUT2D eigenvalue weighted by atomic mass is 10.2. The van der Waals surface area contributed by atoms with E-state index in [-0.39, 0.29) is 16.9 Å². The molecular weight excluding hydrogens is 346 g/mol. The summed E-state index contributed by atoms with van der Waals surface area (Å²) in [6.45, 7) is 0. The van der Waals surface area contributed by atoms with Crippen LogP contribution in [-0.4, -0.2) is 25.0 Å². The highest BCUT2D eigenvalue weighted by Gasteiger charge is 2.29. The highest BCUT2D eigenvalue weighted by atomic mass is 32.2. The van der Waals surface area contributed by atoms with Gasteiger partial charge < -0.3 is 5.32 Å². The largest absolute Gasteiger partial charge is 0.341 e. The van der Waals surface area contributed by atoms with Crippen LogP contribution in [0.5, 0.6) is 0 Å². The molecule has 0 saturated carbocycles. The predicted molar refractivity (Wildman–Crippen MR) is 80.7 cm³/mol. The Morgan fingerprint density at radius 3 is 2.21 bits per heavy atom. The minimum absolute atomic E-state index is 0.00449. The molecule has 0 saturated heterocycles. The fourth-order valence-corrected chi connectivity index (χ4v) is 2.73. The number of sulfone groups is 1. The number of para-hydroxylation sites is 1. The van der Waals surface area contributed by atoms with Gasteiger partial charge in [0.15, 0.2) is 0 Å². The highest BCUT2D eigenvalue weighted by molar-refractivity contribution is 7.91. The lowest BCUT2D eigenvalue weighted by Crippen LogP contribution is -2.17. The maximum atomic E-state index is 12.7. The van der Waals surface area contributed by atoms with Crippen LogP contribution in [0.3, 0.4) is 0 Å². The number of carbonyl (C=O) groups excluding carboxylic acids is 1. The second kappa shape index (κ2) is 6.71. The van der Waals surface area contributed by atoms with E-state index in [1.54, 1.807) is 0 Å². The summed E-state index contributed by atoms with van der Waals surface area (Å²) in [5.41, 5.74) is -0.529. The molecule has 7 nitrogen and oxygen atoms in total. The van der Waals surface area contributed by atoms with Crippen LogP contribution in [0.25, 0.3) is 0 Å². The van der Waals surface area contributed by atoms with Crippen molar-refractivity contribution in [2.75, 3.05) is 5.32 Å². The number of rotatable bonds is 5. The van der Waals surface area contributed by atoms with Crippen LogP contribution in [0.2, 0.25) is 0 Å². The van der Waals surface area contributed by atoms with E-state index in [2.05, 4.69) is 5.32 Å². The van der Waals surface area contributed by atoms with Crippen molar-refractivity contribution in [3.8, 4) is 0 Å². The molecule has 0 heterocycles. The predicted octanol–water partition coefficient (Wildman–Crippen LogP) is 2.84. The fraction of sp³-hybridized carbons (Fsp3) is 0.0714. The van der Waals surface area contributed by atoms with E-state index in [0.717, 1.165) is 30.3 Å². The van der Waals surface area contributed by atoms with E-state index in [0.29, 0.717) is 0 Å². The Morgan fingerprint density at radius 2 is 1.67 bits per heavy atom. The van der Waals surface area contributed by atoms with Gasteiger partial charge in [-0.15, -0.1) is 0 Å². The molecule has 1 amide bonds. The molecule has 0 radical (unpaired) electrons. The van der Waals surface area contributed by atoms with Gasteiger partial charge in [-0.1, -0.05) is 12.1 Å². The summed E-state index contributed by atoms with van der Waals surface area (Å²) in [7, 11) is -4.89. The van der Waals surface area contributed by atoms with Crippen LogP contribution in [0.1, 0.15) is 10.4 Å². The minimum Gasteiger partial charge on any atom is -0.321 e. The molecule has 0 aliphatic heterocycles. The van der Waals surface area contributed by atoms with Crippen molar-refractivity contribution < 1.29 is 26.9 Å². The molecule has 24 heavy (non-hydrogen) atoms. The number of alkyl halides is 2. The second-order valence-electron chi connectivity index (χ2n) is 4.56. The Labute approximate surface area is 135 Å². The van der Waals surface area contributed by atoms with Crippen LogP contribution in [0.15, 0.2) is 53.4 Å². The first-order valence-electron chi connectivity index (χ1n) is 6.40. The quantitative estimate of drug-likeness (QED) is 0.655. The molecule has 0 atom stereocenters. The Kier molecular flexibility index (Phi) is 4.88. The normalized spacial score (nSPS) is 11.3. The topological polar surface area (TPSA) is 106 Å². The molecule has 10 heteroatoms. The SMILES string of the molecule is O=C(Nc1ccccc1S(=O)(=O)C(F)F)c1ccc([N+](=O)[O-])cc1. The van der Waals surface area contributed by atoms with E-state index < -0.39 is 31.3 Å². The number of nitro groups is 1. The van der Waals surface area contributed by atoms with Crippen LogP contribution >= 0.6 is 0 Å². The smallest absolute Gasteiger partial charge is 0.321 e. The minimum atomic E-state index is -4.89. The maximum absolute atomic E-state index is 12.7. The summed E-state index contributed by atoms with van der Waals surface area (Å²) in [5, 5.41) is 12.8. The number of nitrogens with one attached hydrogen (secondary N) is 1. The van der Waals surface area contributed by atoms with Gasteiger partial charge in [0.25, 0.3) is 11.6 Å². The zero-order chi connectivity index (χ0) is 17.9. The summed E-state index contributed by atoms with van der Waals surface area (Å²) < 4.78 is 48.6. The van der Waals surface area contributed by atoms with Gasteiger partial charge in [-0.3, -0.25) is 14.9 Å². The van der Waals surface area contributed by atoms with Gasteiger partial charge >= 0.3 is 5.76 Å². The number of nitrogens with zero attached hydrogens (tertiary/aromatic N) is 1. The molecule has 0 bridgehead atoms. The molecule has 0 fully saturated rings. The number of nitro benzene ring substituents is 1. The summed E-state index contributed by atoms with van der Waals surface area (Å²) in [4.78, 5) is 21.3. The lowest BCUT2D eigenvalue weighted by molar-refractivity contribution is -0.384. The zero-order valence-electron chi connectivity index (χ0n) is 11.8. The van der Waals surface area contributed by atoms with E-state index in [1.807, 2.05) is 0 Å². The van der Waals surface area contributed by atoms with Crippen molar-refractivity contribution in [3.63, 3.8) is 0 Å². The number of hydrogen-bond acceptors (Lipinski definition) is 5. The van der Waals surface area contributed by atoms with E-state index >= 15 is 0 Å². The fourth-order valence-electron chi connectivity index (χ4n) is 1.84. The number of hydrogen-bond donors (Lipinski definition) is 1. The van der Waals surface area contributed by atoms with Crippen molar-refractivity contribution in [2.45, 2.75) is 10.7 Å².